The minimum Gasteiger partial charge on any atom is -0.478 e. The second kappa shape index (κ2) is 6.63. The van der Waals surface area contributed by atoms with Gasteiger partial charge in [-0.25, -0.2) is 4.79 Å². The highest BCUT2D eigenvalue weighted by molar-refractivity contribution is 8.00. The number of thioether (sulfide) groups is 2. The van der Waals surface area contributed by atoms with E-state index >= 15 is 0 Å². The molecule has 21 heavy (non-hydrogen) atoms. The number of carboxylic acid groups (broad SMARTS) is 1. The average Bonchev–Trinajstić information content (AvgIpc) is 2.48. The summed E-state index contributed by atoms with van der Waals surface area (Å²) < 4.78 is 6.12. The van der Waals surface area contributed by atoms with Crippen LogP contribution in [0.1, 0.15) is 36.0 Å². The van der Waals surface area contributed by atoms with Crippen LogP contribution in [0.25, 0.3) is 0 Å². The molecule has 0 aliphatic carbocycles. The first kappa shape index (κ1) is 15.3. The number of aromatic carboxylic acids is 1. The highest BCUT2D eigenvalue weighted by Gasteiger charge is 2.38. The van der Waals surface area contributed by atoms with Gasteiger partial charge in [-0.1, -0.05) is 6.07 Å². The third-order valence-electron chi connectivity index (χ3n) is 4.24. The molecule has 0 amide bonds. The lowest BCUT2D eigenvalue weighted by molar-refractivity contribution is -0.0805. The Labute approximate surface area is 133 Å². The van der Waals surface area contributed by atoms with Crippen LogP contribution in [0.4, 0.5) is 0 Å². The fourth-order valence-electron chi connectivity index (χ4n) is 3.07. The first-order valence-corrected chi connectivity index (χ1v) is 9.42. The summed E-state index contributed by atoms with van der Waals surface area (Å²) in [6.07, 6.45) is 4.46. The minimum atomic E-state index is -0.856. The number of rotatable bonds is 3. The van der Waals surface area contributed by atoms with Crippen molar-refractivity contribution in [1.82, 2.24) is 0 Å². The van der Waals surface area contributed by atoms with Crippen LogP contribution < -0.4 is 0 Å². The second-order valence-electron chi connectivity index (χ2n) is 5.71. The monoisotopic (exact) mass is 324 g/mol. The third-order valence-corrected chi connectivity index (χ3v) is 6.48. The van der Waals surface area contributed by atoms with Gasteiger partial charge in [-0.2, -0.15) is 11.8 Å². The van der Waals surface area contributed by atoms with E-state index in [0.717, 1.165) is 37.2 Å². The van der Waals surface area contributed by atoms with Gasteiger partial charge in [0.25, 0.3) is 0 Å². The molecule has 0 aromatic heterocycles. The van der Waals surface area contributed by atoms with Gasteiger partial charge in [0, 0.05) is 16.8 Å². The molecule has 2 saturated heterocycles. The summed E-state index contributed by atoms with van der Waals surface area (Å²) in [6.45, 7) is 0.834. The molecule has 3 rings (SSSR count). The highest BCUT2D eigenvalue weighted by Crippen LogP contribution is 2.42. The van der Waals surface area contributed by atoms with E-state index in [-0.39, 0.29) is 5.60 Å². The Bertz CT molecular complexity index is 506. The molecule has 114 valence electrons. The fraction of sp³-hybridized carbons (Fsp3) is 0.562. The molecule has 1 aromatic carbocycles. The van der Waals surface area contributed by atoms with Gasteiger partial charge in [-0.3, -0.25) is 0 Å². The van der Waals surface area contributed by atoms with Crippen LogP contribution in [0.5, 0.6) is 0 Å². The van der Waals surface area contributed by atoms with Crippen molar-refractivity contribution in [3.05, 3.63) is 29.8 Å². The predicted molar refractivity (Wildman–Crippen MR) is 87.5 cm³/mol. The van der Waals surface area contributed by atoms with Gasteiger partial charge in [-0.15, -0.1) is 11.8 Å². The van der Waals surface area contributed by atoms with Crippen molar-refractivity contribution in [3.8, 4) is 0 Å². The van der Waals surface area contributed by atoms with Crippen molar-refractivity contribution in [3.63, 3.8) is 0 Å². The van der Waals surface area contributed by atoms with E-state index in [1.54, 1.807) is 12.1 Å². The standard InChI is InChI=1S/C16H20O3S2/c17-15(18)12-2-1-3-13(10-12)21-14-4-7-19-16(11-14)5-8-20-9-6-16/h1-3,10,14H,4-9,11H2,(H,17,18). The molecule has 5 heteroatoms. The number of benzene rings is 1. The van der Waals surface area contributed by atoms with E-state index in [1.807, 2.05) is 35.7 Å². The summed E-state index contributed by atoms with van der Waals surface area (Å²) in [5.41, 5.74) is 0.460. The minimum absolute atomic E-state index is 0.0889. The van der Waals surface area contributed by atoms with E-state index in [0.29, 0.717) is 10.8 Å². The molecule has 1 aromatic rings. The molecule has 2 aliphatic rings. The zero-order chi connectivity index (χ0) is 14.7. The van der Waals surface area contributed by atoms with Crippen LogP contribution in [0.15, 0.2) is 29.2 Å². The van der Waals surface area contributed by atoms with Gasteiger partial charge >= 0.3 is 5.97 Å². The summed E-state index contributed by atoms with van der Waals surface area (Å²) in [7, 11) is 0. The molecule has 0 radical (unpaired) electrons. The Kier molecular flexibility index (Phi) is 4.82. The average molecular weight is 324 g/mol. The van der Waals surface area contributed by atoms with Crippen molar-refractivity contribution >= 4 is 29.5 Å². The Hall–Kier alpha value is -0.650. The smallest absolute Gasteiger partial charge is 0.335 e. The topological polar surface area (TPSA) is 46.5 Å². The van der Waals surface area contributed by atoms with Gasteiger partial charge in [0.05, 0.1) is 11.2 Å². The van der Waals surface area contributed by atoms with Crippen LogP contribution in [0.3, 0.4) is 0 Å². The van der Waals surface area contributed by atoms with E-state index in [4.69, 9.17) is 9.84 Å². The maximum absolute atomic E-state index is 11.1. The van der Waals surface area contributed by atoms with Gasteiger partial charge in [0.15, 0.2) is 0 Å². The highest BCUT2D eigenvalue weighted by atomic mass is 32.2. The fourth-order valence-corrected chi connectivity index (χ4v) is 5.65. The van der Waals surface area contributed by atoms with Crippen LogP contribution in [0.2, 0.25) is 0 Å². The molecular formula is C16H20O3S2. The Morgan fingerprint density at radius 3 is 2.95 bits per heavy atom. The zero-order valence-electron chi connectivity index (χ0n) is 11.9. The molecule has 2 aliphatic heterocycles. The maximum atomic E-state index is 11.1. The van der Waals surface area contributed by atoms with Crippen LogP contribution in [-0.4, -0.2) is 40.0 Å². The molecule has 3 nitrogen and oxygen atoms in total. The maximum Gasteiger partial charge on any atom is 0.335 e. The lowest BCUT2D eigenvalue weighted by Gasteiger charge is -2.43. The largest absolute Gasteiger partial charge is 0.478 e. The van der Waals surface area contributed by atoms with Gasteiger partial charge in [-0.05, 0) is 55.4 Å². The van der Waals surface area contributed by atoms with E-state index in [2.05, 4.69) is 0 Å². The number of hydrogen-bond donors (Lipinski definition) is 1. The Morgan fingerprint density at radius 1 is 1.38 bits per heavy atom. The molecule has 0 saturated carbocycles. The molecule has 2 fully saturated rings. The quantitative estimate of drug-likeness (QED) is 0.913. The first-order chi connectivity index (χ1) is 10.2. The van der Waals surface area contributed by atoms with Gasteiger partial charge in [0.2, 0.25) is 0 Å². The lowest BCUT2D eigenvalue weighted by Crippen LogP contribution is -2.43. The summed E-state index contributed by atoms with van der Waals surface area (Å²) in [4.78, 5) is 12.1. The van der Waals surface area contributed by atoms with E-state index < -0.39 is 5.97 Å². The van der Waals surface area contributed by atoms with Crippen LogP contribution in [-0.2, 0) is 4.74 Å². The summed E-state index contributed by atoms with van der Waals surface area (Å²) in [5.74, 6) is 1.54. The lowest BCUT2D eigenvalue weighted by atomic mass is 9.88. The van der Waals surface area contributed by atoms with Crippen LogP contribution >= 0.6 is 23.5 Å². The number of hydrogen-bond acceptors (Lipinski definition) is 4. The summed E-state index contributed by atoms with van der Waals surface area (Å²) >= 11 is 3.83. The van der Waals surface area contributed by atoms with Crippen molar-refractivity contribution < 1.29 is 14.6 Å². The second-order valence-corrected chi connectivity index (χ2v) is 8.31. The molecule has 0 bridgehead atoms. The first-order valence-electron chi connectivity index (χ1n) is 7.39. The van der Waals surface area contributed by atoms with Crippen LogP contribution in [0, 0.1) is 0 Å². The molecule has 1 unspecified atom stereocenters. The molecular weight excluding hydrogens is 304 g/mol. The van der Waals surface area contributed by atoms with Crippen molar-refractivity contribution in [2.75, 3.05) is 18.1 Å². The summed E-state index contributed by atoms with van der Waals surface area (Å²) in [5, 5.41) is 9.62. The summed E-state index contributed by atoms with van der Waals surface area (Å²) in [6, 6.07) is 7.27. The third kappa shape index (κ3) is 3.76. The molecule has 2 heterocycles. The van der Waals surface area contributed by atoms with E-state index in [9.17, 15) is 4.79 Å². The van der Waals surface area contributed by atoms with Gasteiger partial charge in [0.1, 0.15) is 0 Å². The molecule has 1 atom stereocenters. The molecule has 1 spiro atoms. The number of ether oxygens (including phenoxy) is 1. The SMILES string of the molecule is O=C(O)c1cccc(SC2CCOC3(CCSCC3)C2)c1. The zero-order valence-corrected chi connectivity index (χ0v) is 13.5. The van der Waals surface area contributed by atoms with Crippen molar-refractivity contribution in [2.45, 2.75) is 41.4 Å². The predicted octanol–water partition coefficient (Wildman–Crippen LogP) is 3.92. The van der Waals surface area contributed by atoms with Crippen molar-refractivity contribution in [2.24, 2.45) is 0 Å². The normalized spacial score (nSPS) is 24.9. The van der Waals surface area contributed by atoms with E-state index in [1.165, 1.54) is 11.5 Å². The number of carboxylic acids is 1. The number of carbonyl (C=O) groups is 1. The molecule has 1 N–H and O–H groups in total. The Balaban J connectivity index is 1.67. The van der Waals surface area contributed by atoms with Gasteiger partial charge < -0.3 is 9.84 Å². The van der Waals surface area contributed by atoms with Crippen molar-refractivity contribution in [1.29, 1.82) is 0 Å². The Morgan fingerprint density at radius 2 is 2.19 bits per heavy atom.